The second-order valence-electron chi connectivity index (χ2n) is 14.6. The van der Waals surface area contributed by atoms with E-state index in [0.717, 1.165) is 11.4 Å². The molecule has 0 saturated heterocycles. The number of anilines is 6. The molecular weight excluding hydrogens is 693 g/mol. The van der Waals surface area contributed by atoms with E-state index in [4.69, 9.17) is 0 Å². The standard InChI is InChI=1S/C50H38N2S2/c1-31-11-17-36(18-12-31)51(38-9-5-7-33(3)27-38)40-21-23-42-46(29-40)53-44-25-15-35-16-26-45-50(48(35)49(42)44)43-24-22-41(30-47(43)54-45)52(37-19-13-32(2)14-20-37)39-10-6-8-34(4)28-39/h5-30H,1-4H3. The molecule has 0 saturated carbocycles. The van der Waals surface area contributed by atoms with Crippen LogP contribution in [0.25, 0.3) is 51.1 Å². The van der Waals surface area contributed by atoms with Crippen LogP contribution in [0.5, 0.6) is 0 Å². The van der Waals surface area contributed by atoms with E-state index in [9.17, 15) is 0 Å². The van der Waals surface area contributed by atoms with Crippen LogP contribution in [0.2, 0.25) is 0 Å². The normalized spacial score (nSPS) is 11.7. The third-order valence-corrected chi connectivity index (χ3v) is 12.9. The zero-order valence-electron chi connectivity index (χ0n) is 30.7. The lowest BCUT2D eigenvalue weighted by atomic mass is 9.98. The van der Waals surface area contributed by atoms with Gasteiger partial charge in [0.2, 0.25) is 0 Å². The third-order valence-electron chi connectivity index (χ3n) is 10.6. The van der Waals surface area contributed by atoms with Gasteiger partial charge >= 0.3 is 0 Å². The monoisotopic (exact) mass is 730 g/mol. The molecule has 10 aromatic rings. The first-order valence-electron chi connectivity index (χ1n) is 18.5. The summed E-state index contributed by atoms with van der Waals surface area (Å²) in [4.78, 5) is 4.76. The first-order chi connectivity index (χ1) is 26.4. The minimum Gasteiger partial charge on any atom is -0.310 e. The van der Waals surface area contributed by atoms with Crippen molar-refractivity contribution in [1.29, 1.82) is 0 Å². The van der Waals surface area contributed by atoms with Gasteiger partial charge in [0.1, 0.15) is 0 Å². The molecule has 2 aromatic heterocycles. The molecule has 0 fully saturated rings. The van der Waals surface area contributed by atoms with Crippen LogP contribution in [0.15, 0.2) is 158 Å². The SMILES string of the molecule is Cc1ccc(N(c2cccc(C)c2)c2ccc3c(c2)sc2ccc4ccc5sc6cc(N(c7ccc(C)cc7)c7cccc(C)c7)ccc6c5c4c23)cc1. The van der Waals surface area contributed by atoms with Crippen molar-refractivity contribution < 1.29 is 0 Å². The highest BCUT2D eigenvalue weighted by Crippen LogP contribution is 2.48. The Morgan fingerprint density at radius 3 is 1.15 bits per heavy atom. The van der Waals surface area contributed by atoms with Gasteiger partial charge in [-0.3, -0.25) is 0 Å². The van der Waals surface area contributed by atoms with Crippen molar-refractivity contribution in [1.82, 2.24) is 0 Å². The Labute approximate surface area is 323 Å². The van der Waals surface area contributed by atoms with Gasteiger partial charge in [-0.2, -0.15) is 0 Å². The Morgan fingerprint density at radius 2 is 0.722 bits per heavy atom. The summed E-state index contributed by atoms with van der Waals surface area (Å²) in [5.74, 6) is 0. The first kappa shape index (κ1) is 32.7. The summed E-state index contributed by atoms with van der Waals surface area (Å²) in [6.45, 7) is 8.62. The number of hydrogen-bond donors (Lipinski definition) is 0. The molecule has 0 spiro atoms. The maximum absolute atomic E-state index is 2.39. The van der Waals surface area contributed by atoms with E-state index in [1.54, 1.807) is 0 Å². The first-order valence-corrected chi connectivity index (χ1v) is 20.1. The van der Waals surface area contributed by atoms with Crippen molar-refractivity contribution in [2.45, 2.75) is 27.7 Å². The fourth-order valence-electron chi connectivity index (χ4n) is 8.02. The molecular formula is C50H38N2S2. The molecule has 0 unspecified atom stereocenters. The minimum atomic E-state index is 1.16. The van der Waals surface area contributed by atoms with Crippen molar-refractivity contribution in [3.05, 3.63) is 180 Å². The van der Waals surface area contributed by atoms with Gasteiger partial charge < -0.3 is 9.80 Å². The maximum atomic E-state index is 2.39. The number of aryl methyl sites for hydroxylation is 4. The van der Waals surface area contributed by atoms with Gasteiger partial charge in [-0.1, -0.05) is 83.9 Å². The van der Waals surface area contributed by atoms with Gasteiger partial charge in [0.25, 0.3) is 0 Å². The zero-order chi connectivity index (χ0) is 36.5. The molecule has 2 nitrogen and oxygen atoms in total. The molecule has 0 aliphatic heterocycles. The van der Waals surface area contributed by atoms with Gasteiger partial charge in [-0.05, 0) is 129 Å². The summed E-state index contributed by atoms with van der Waals surface area (Å²) in [5, 5.41) is 7.96. The Morgan fingerprint density at radius 1 is 0.315 bits per heavy atom. The topological polar surface area (TPSA) is 6.48 Å². The lowest BCUT2D eigenvalue weighted by Crippen LogP contribution is -2.09. The van der Waals surface area contributed by atoms with Gasteiger partial charge in [0.15, 0.2) is 0 Å². The van der Waals surface area contributed by atoms with Crippen molar-refractivity contribution in [3.8, 4) is 0 Å². The molecule has 54 heavy (non-hydrogen) atoms. The fraction of sp³-hybridized carbons (Fsp3) is 0.0800. The van der Waals surface area contributed by atoms with Crippen LogP contribution in [0.4, 0.5) is 34.1 Å². The Hall–Kier alpha value is -5.94. The van der Waals surface area contributed by atoms with Crippen molar-refractivity contribution in [2.24, 2.45) is 0 Å². The van der Waals surface area contributed by atoms with Crippen molar-refractivity contribution in [2.75, 3.05) is 9.80 Å². The second-order valence-corrected chi connectivity index (χ2v) is 16.7. The summed E-state index contributed by atoms with van der Waals surface area (Å²) >= 11 is 3.79. The number of nitrogens with zero attached hydrogens (tertiary/aromatic N) is 2. The number of benzene rings is 8. The minimum absolute atomic E-state index is 1.16. The van der Waals surface area contributed by atoms with Crippen LogP contribution >= 0.6 is 22.7 Å². The molecule has 0 aliphatic carbocycles. The van der Waals surface area contributed by atoms with E-state index in [1.807, 2.05) is 22.7 Å². The molecule has 0 aliphatic rings. The quantitative estimate of drug-likeness (QED) is 0.168. The van der Waals surface area contributed by atoms with Crippen LogP contribution in [-0.4, -0.2) is 0 Å². The Kier molecular flexibility index (Phi) is 7.79. The van der Waals surface area contributed by atoms with E-state index in [0.29, 0.717) is 0 Å². The number of fused-ring (bicyclic) bond motifs is 9. The van der Waals surface area contributed by atoms with Crippen LogP contribution in [0, 0.1) is 27.7 Å². The Bertz CT molecular complexity index is 2840. The zero-order valence-corrected chi connectivity index (χ0v) is 32.4. The highest BCUT2D eigenvalue weighted by Gasteiger charge is 2.20. The molecule has 0 amide bonds. The summed E-state index contributed by atoms with van der Waals surface area (Å²) in [6.07, 6.45) is 0. The average molecular weight is 731 g/mol. The average Bonchev–Trinajstić information content (AvgIpc) is 3.74. The summed E-state index contributed by atoms with van der Waals surface area (Å²) in [7, 11) is 0. The molecule has 0 bridgehead atoms. The third kappa shape index (κ3) is 5.53. The second kappa shape index (κ2) is 12.9. The summed E-state index contributed by atoms with van der Waals surface area (Å²) < 4.78 is 5.23. The number of hydrogen-bond acceptors (Lipinski definition) is 4. The number of rotatable bonds is 6. The van der Waals surface area contributed by atoms with Crippen molar-refractivity contribution in [3.63, 3.8) is 0 Å². The van der Waals surface area contributed by atoms with E-state index in [-0.39, 0.29) is 0 Å². The lowest BCUT2D eigenvalue weighted by molar-refractivity contribution is 1.27. The van der Waals surface area contributed by atoms with Crippen LogP contribution < -0.4 is 9.80 Å². The molecule has 260 valence electrons. The van der Waals surface area contributed by atoms with Gasteiger partial charge in [-0.15, -0.1) is 22.7 Å². The Balaban J connectivity index is 1.16. The molecule has 0 radical (unpaired) electrons. The van der Waals surface area contributed by atoms with Crippen LogP contribution in [0.1, 0.15) is 22.3 Å². The lowest BCUT2D eigenvalue weighted by Gasteiger charge is -2.26. The van der Waals surface area contributed by atoms with Gasteiger partial charge in [0.05, 0.1) is 0 Å². The largest absolute Gasteiger partial charge is 0.310 e. The molecule has 0 N–H and O–H groups in total. The van der Waals surface area contributed by atoms with E-state index in [2.05, 4.69) is 195 Å². The summed E-state index contributed by atoms with van der Waals surface area (Å²) in [6, 6.07) is 58.6. The maximum Gasteiger partial charge on any atom is 0.0476 e. The fourth-order valence-corrected chi connectivity index (χ4v) is 10.3. The highest BCUT2D eigenvalue weighted by molar-refractivity contribution is 7.27. The smallest absolute Gasteiger partial charge is 0.0476 e. The van der Waals surface area contributed by atoms with Gasteiger partial charge in [-0.25, -0.2) is 0 Å². The molecule has 0 atom stereocenters. The van der Waals surface area contributed by atoms with E-state index < -0.39 is 0 Å². The van der Waals surface area contributed by atoms with Crippen LogP contribution in [-0.2, 0) is 0 Å². The van der Waals surface area contributed by atoms with Crippen LogP contribution in [0.3, 0.4) is 0 Å². The van der Waals surface area contributed by atoms with E-state index in [1.165, 1.54) is 96.1 Å². The van der Waals surface area contributed by atoms with Gasteiger partial charge in [0, 0.05) is 79.9 Å². The van der Waals surface area contributed by atoms with E-state index >= 15 is 0 Å². The molecule has 2 heterocycles. The molecule has 10 rings (SSSR count). The molecule has 4 heteroatoms. The molecule has 8 aromatic carbocycles. The summed E-state index contributed by atoms with van der Waals surface area (Å²) in [5.41, 5.74) is 12.0. The predicted octanol–water partition coefficient (Wildman–Crippen LogP) is 15.7. The van der Waals surface area contributed by atoms with Crippen molar-refractivity contribution >= 4 is 108 Å². The predicted molar refractivity (Wildman–Crippen MR) is 238 cm³/mol. The number of thiophene rings is 2. The highest BCUT2D eigenvalue weighted by atomic mass is 32.1.